The Morgan fingerprint density at radius 2 is 1.78 bits per heavy atom. The Labute approximate surface area is 211 Å². The fraction of sp³-hybridized carbons (Fsp3) is 0.179. The number of carbonyl (C=O) groups excluding carboxylic acids is 2. The minimum atomic E-state index is -0.642. The van der Waals surface area contributed by atoms with Crippen molar-refractivity contribution in [2.75, 3.05) is 19.2 Å². The number of carbonyl (C=O) groups is 2. The van der Waals surface area contributed by atoms with Gasteiger partial charge in [-0.2, -0.15) is 0 Å². The summed E-state index contributed by atoms with van der Waals surface area (Å²) < 4.78 is 16.2. The van der Waals surface area contributed by atoms with E-state index in [1.54, 1.807) is 31.4 Å². The van der Waals surface area contributed by atoms with E-state index in [0.717, 1.165) is 24.0 Å². The number of hydrogen-bond donors (Lipinski definition) is 1. The van der Waals surface area contributed by atoms with Gasteiger partial charge in [-0.15, -0.1) is 0 Å². The second-order valence-electron chi connectivity index (χ2n) is 8.73. The van der Waals surface area contributed by atoms with E-state index in [1.165, 1.54) is 11.3 Å². The molecule has 1 fully saturated rings. The van der Waals surface area contributed by atoms with E-state index < -0.39 is 5.41 Å². The van der Waals surface area contributed by atoms with Gasteiger partial charge in [-0.1, -0.05) is 59.9 Å². The number of nitrogens with one attached hydrogen (secondary N) is 1. The number of ether oxygens (including phenoxy) is 3. The third-order valence-corrected chi connectivity index (χ3v) is 7.51. The zero-order valence-corrected chi connectivity index (χ0v) is 20.3. The predicted molar refractivity (Wildman–Crippen MR) is 136 cm³/mol. The molecule has 3 aromatic carbocycles. The predicted octanol–water partition coefficient (Wildman–Crippen LogP) is 5.45. The van der Waals surface area contributed by atoms with Crippen LogP contribution < -0.4 is 19.5 Å². The van der Waals surface area contributed by atoms with Gasteiger partial charge >= 0.3 is 0 Å². The largest absolute Gasteiger partial charge is 0.497 e. The van der Waals surface area contributed by atoms with Gasteiger partial charge in [0.1, 0.15) is 10.6 Å². The number of methoxy groups -OCH3 is 1. The highest BCUT2D eigenvalue weighted by atomic mass is 32.1. The molecule has 0 atom stereocenters. The van der Waals surface area contributed by atoms with E-state index in [0.29, 0.717) is 38.5 Å². The van der Waals surface area contributed by atoms with Crippen LogP contribution in [0.15, 0.2) is 72.8 Å². The van der Waals surface area contributed by atoms with Gasteiger partial charge in [-0.25, -0.2) is 4.98 Å². The van der Waals surface area contributed by atoms with Crippen molar-refractivity contribution in [1.82, 2.24) is 4.98 Å². The van der Waals surface area contributed by atoms with Gasteiger partial charge in [0, 0.05) is 11.1 Å². The van der Waals surface area contributed by atoms with Crippen LogP contribution in [0.1, 0.15) is 33.6 Å². The van der Waals surface area contributed by atoms with Crippen LogP contribution in [0.5, 0.6) is 17.2 Å². The second kappa shape index (κ2) is 8.80. The van der Waals surface area contributed by atoms with Crippen molar-refractivity contribution in [3.05, 3.63) is 88.8 Å². The van der Waals surface area contributed by atoms with Crippen molar-refractivity contribution in [1.29, 1.82) is 0 Å². The van der Waals surface area contributed by atoms with Crippen LogP contribution in [-0.2, 0) is 10.2 Å². The summed E-state index contributed by atoms with van der Waals surface area (Å²) in [5, 5.41) is 3.38. The van der Waals surface area contributed by atoms with Crippen LogP contribution >= 0.6 is 11.3 Å². The molecule has 7 nitrogen and oxygen atoms in total. The topological polar surface area (TPSA) is 86.8 Å². The van der Waals surface area contributed by atoms with Crippen molar-refractivity contribution in [2.24, 2.45) is 0 Å². The number of ketones is 1. The lowest BCUT2D eigenvalue weighted by molar-refractivity contribution is -0.118. The Balaban J connectivity index is 1.33. The molecule has 8 heteroatoms. The molecular weight excluding hydrogens is 476 g/mol. The Morgan fingerprint density at radius 3 is 2.56 bits per heavy atom. The molecule has 36 heavy (non-hydrogen) atoms. The fourth-order valence-electron chi connectivity index (χ4n) is 4.40. The van der Waals surface area contributed by atoms with E-state index >= 15 is 0 Å². The molecule has 1 amide bonds. The van der Waals surface area contributed by atoms with Crippen molar-refractivity contribution in [3.8, 4) is 28.5 Å². The van der Waals surface area contributed by atoms with Gasteiger partial charge in [0.2, 0.25) is 18.5 Å². The maximum atomic E-state index is 13.5. The molecule has 0 saturated heterocycles. The fourth-order valence-corrected chi connectivity index (χ4v) is 5.34. The number of nitrogens with zero attached hydrogens (tertiary/aromatic N) is 1. The normalized spacial score (nSPS) is 14.8. The standard InChI is InChI=1S/C28H22N2O5S/c1-33-20-9-5-8-18(14-20)24(31)25-23(17-6-3-2-4-7-17)29-27(36-25)30-26(32)28(12-13-28)19-10-11-21-22(15-19)35-16-34-21/h2-11,14-15H,12-13,16H2,1H3,(H,29,30,32). The van der Waals surface area contributed by atoms with E-state index in [4.69, 9.17) is 19.2 Å². The molecule has 1 aliphatic carbocycles. The molecule has 0 spiro atoms. The molecule has 1 N–H and O–H groups in total. The SMILES string of the molecule is COc1cccc(C(=O)c2sc(NC(=O)C3(c4ccc5c(c4)OCO5)CC3)nc2-c2ccccc2)c1. The molecule has 4 aromatic rings. The van der Waals surface area contributed by atoms with Crippen LogP contribution in [-0.4, -0.2) is 30.6 Å². The molecule has 1 aliphatic heterocycles. The number of anilines is 1. The van der Waals surface area contributed by atoms with E-state index in [-0.39, 0.29) is 18.5 Å². The quantitative estimate of drug-likeness (QED) is 0.341. The number of thiazole rings is 1. The highest BCUT2D eigenvalue weighted by molar-refractivity contribution is 7.18. The minimum absolute atomic E-state index is 0.143. The molecule has 1 aromatic heterocycles. The molecular formula is C28H22N2O5S. The first-order valence-corrected chi connectivity index (χ1v) is 12.4. The summed E-state index contributed by atoms with van der Waals surface area (Å²) >= 11 is 1.18. The lowest BCUT2D eigenvalue weighted by Gasteiger charge is -2.15. The van der Waals surface area contributed by atoms with Crippen LogP contribution in [0.25, 0.3) is 11.3 Å². The number of fused-ring (bicyclic) bond motifs is 1. The lowest BCUT2D eigenvalue weighted by atomic mass is 9.94. The summed E-state index contributed by atoms with van der Waals surface area (Å²) in [6.07, 6.45) is 1.45. The van der Waals surface area contributed by atoms with Crippen LogP contribution in [0, 0.1) is 0 Å². The molecule has 0 radical (unpaired) electrons. The first-order valence-electron chi connectivity index (χ1n) is 11.5. The summed E-state index contributed by atoms with van der Waals surface area (Å²) in [4.78, 5) is 32.1. The van der Waals surface area contributed by atoms with E-state index in [1.807, 2.05) is 48.5 Å². The minimum Gasteiger partial charge on any atom is -0.497 e. The molecule has 2 aliphatic rings. The van der Waals surface area contributed by atoms with Crippen molar-refractivity contribution >= 4 is 28.2 Å². The van der Waals surface area contributed by atoms with Crippen molar-refractivity contribution in [3.63, 3.8) is 0 Å². The Morgan fingerprint density at radius 1 is 0.972 bits per heavy atom. The lowest BCUT2D eigenvalue weighted by Crippen LogP contribution is -2.27. The smallest absolute Gasteiger partial charge is 0.236 e. The van der Waals surface area contributed by atoms with Gasteiger partial charge in [0.15, 0.2) is 16.6 Å². The zero-order valence-electron chi connectivity index (χ0n) is 19.4. The molecule has 180 valence electrons. The molecule has 0 bridgehead atoms. The Hall–Kier alpha value is -4.17. The average Bonchev–Trinajstić information content (AvgIpc) is 3.42. The van der Waals surface area contributed by atoms with Gasteiger partial charge in [0.05, 0.1) is 18.2 Å². The van der Waals surface area contributed by atoms with Gasteiger partial charge in [0.25, 0.3) is 0 Å². The van der Waals surface area contributed by atoms with Gasteiger partial charge < -0.3 is 19.5 Å². The monoisotopic (exact) mass is 498 g/mol. The zero-order chi connectivity index (χ0) is 24.7. The summed E-state index contributed by atoms with van der Waals surface area (Å²) in [7, 11) is 1.56. The Bertz CT molecular complexity index is 1480. The molecule has 1 saturated carbocycles. The van der Waals surface area contributed by atoms with Crippen LogP contribution in [0.3, 0.4) is 0 Å². The van der Waals surface area contributed by atoms with Crippen molar-refractivity contribution in [2.45, 2.75) is 18.3 Å². The van der Waals surface area contributed by atoms with Crippen LogP contribution in [0.4, 0.5) is 5.13 Å². The number of hydrogen-bond acceptors (Lipinski definition) is 7. The summed E-state index contributed by atoms with van der Waals surface area (Å²) in [5.74, 6) is 1.61. The second-order valence-corrected chi connectivity index (χ2v) is 9.73. The summed E-state index contributed by atoms with van der Waals surface area (Å²) in [5.41, 5.74) is 2.08. The first-order chi connectivity index (χ1) is 17.6. The summed E-state index contributed by atoms with van der Waals surface area (Å²) in [6, 6.07) is 22.1. The number of rotatable bonds is 7. The third kappa shape index (κ3) is 3.89. The Kier molecular flexibility index (Phi) is 5.45. The summed E-state index contributed by atoms with van der Waals surface area (Å²) in [6.45, 7) is 0.184. The maximum absolute atomic E-state index is 13.5. The number of aromatic nitrogens is 1. The van der Waals surface area contributed by atoms with Gasteiger partial charge in [-0.3, -0.25) is 9.59 Å². The van der Waals surface area contributed by atoms with Crippen LogP contribution in [0.2, 0.25) is 0 Å². The molecule has 2 heterocycles. The first kappa shape index (κ1) is 22.3. The van der Waals surface area contributed by atoms with E-state index in [9.17, 15) is 9.59 Å². The van der Waals surface area contributed by atoms with Gasteiger partial charge in [-0.05, 0) is 42.7 Å². The molecule has 6 rings (SSSR count). The third-order valence-electron chi connectivity index (χ3n) is 6.54. The molecule has 0 unspecified atom stereocenters. The number of amides is 1. The maximum Gasteiger partial charge on any atom is 0.236 e. The number of benzene rings is 3. The van der Waals surface area contributed by atoms with E-state index in [2.05, 4.69) is 5.32 Å². The van der Waals surface area contributed by atoms with Crippen molar-refractivity contribution < 1.29 is 23.8 Å². The highest BCUT2D eigenvalue weighted by Crippen LogP contribution is 2.51. The highest BCUT2D eigenvalue weighted by Gasteiger charge is 2.52. The average molecular weight is 499 g/mol.